The van der Waals surface area contributed by atoms with E-state index < -0.39 is 0 Å². The Morgan fingerprint density at radius 2 is 1.41 bits per heavy atom. The average Bonchev–Trinajstić information content (AvgIpc) is 2.88. The summed E-state index contributed by atoms with van der Waals surface area (Å²) in [5.41, 5.74) is 5.94. The van der Waals surface area contributed by atoms with Gasteiger partial charge in [-0.25, -0.2) is 0 Å². The molecule has 2 atom stereocenters. The first-order valence-corrected chi connectivity index (χ1v) is 7.51. The van der Waals surface area contributed by atoms with E-state index in [2.05, 4.69) is 9.80 Å². The Labute approximate surface area is 105 Å². The predicted molar refractivity (Wildman–Crippen MR) is 70.9 cm³/mol. The van der Waals surface area contributed by atoms with Gasteiger partial charge in [-0.05, 0) is 50.6 Å². The van der Waals surface area contributed by atoms with Gasteiger partial charge in [0.25, 0.3) is 0 Å². The van der Waals surface area contributed by atoms with Crippen LogP contribution in [0.1, 0.15) is 32.1 Å². The molecule has 1 aliphatic carbocycles. The molecule has 0 bridgehead atoms. The van der Waals surface area contributed by atoms with Gasteiger partial charge in [-0.2, -0.15) is 0 Å². The third kappa shape index (κ3) is 2.83. The molecule has 0 radical (unpaired) electrons. The van der Waals surface area contributed by atoms with Gasteiger partial charge in [0, 0.05) is 32.2 Å². The highest BCUT2D eigenvalue weighted by molar-refractivity contribution is 4.88. The van der Waals surface area contributed by atoms with Crippen molar-refractivity contribution in [3.05, 3.63) is 0 Å². The lowest BCUT2D eigenvalue weighted by molar-refractivity contribution is 0.181. The largest absolute Gasteiger partial charge is 0.328 e. The fraction of sp³-hybridized carbons (Fsp3) is 1.00. The lowest BCUT2D eigenvalue weighted by atomic mass is 10.0. The quantitative estimate of drug-likeness (QED) is 0.799. The molecule has 2 heterocycles. The fourth-order valence-electron chi connectivity index (χ4n) is 3.97. The molecule has 98 valence electrons. The maximum absolute atomic E-state index is 5.94. The van der Waals surface area contributed by atoms with Gasteiger partial charge < -0.3 is 15.5 Å². The van der Waals surface area contributed by atoms with Crippen LogP contribution in [0.15, 0.2) is 0 Å². The van der Waals surface area contributed by atoms with E-state index in [0.29, 0.717) is 6.04 Å². The van der Waals surface area contributed by atoms with Crippen molar-refractivity contribution in [2.45, 2.75) is 38.1 Å². The third-order valence-electron chi connectivity index (χ3n) is 5.17. The first-order chi connectivity index (χ1) is 8.31. The van der Waals surface area contributed by atoms with E-state index in [1.807, 2.05) is 0 Å². The van der Waals surface area contributed by atoms with E-state index in [1.165, 1.54) is 71.4 Å². The summed E-state index contributed by atoms with van der Waals surface area (Å²) in [4.78, 5) is 5.32. The monoisotopic (exact) mass is 237 g/mol. The molecule has 3 rings (SSSR count). The van der Waals surface area contributed by atoms with Crippen molar-refractivity contribution >= 4 is 0 Å². The Hall–Kier alpha value is -0.120. The number of nitrogens with zero attached hydrogens (tertiary/aromatic N) is 2. The molecule has 2 unspecified atom stereocenters. The number of hydrogen-bond acceptors (Lipinski definition) is 3. The van der Waals surface area contributed by atoms with Gasteiger partial charge in [0.15, 0.2) is 0 Å². The maximum atomic E-state index is 5.94. The summed E-state index contributed by atoms with van der Waals surface area (Å²) in [7, 11) is 0. The van der Waals surface area contributed by atoms with Crippen molar-refractivity contribution in [1.29, 1.82) is 0 Å². The zero-order chi connectivity index (χ0) is 11.7. The van der Waals surface area contributed by atoms with Crippen LogP contribution in [0, 0.1) is 11.8 Å². The summed E-state index contributed by atoms with van der Waals surface area (Å²) >= 11 is 0. The summed E-state index contributed by atoms with van der Waals surface area (Å²) in [6.45, 7) is 7.79. The highest BCUT2D eigenvalue weighted by Gasteiger charge is 2.35. The minimum atomic E-state index is 0.470. The molecule has 0 aromatic rings. The van der Waals surface area contributed by atoms with Crippen LogP contribution in [0.3, 0.4) is 0 Å². The zero-order valence-electron chi connectivity index (χ0n) is 11.0. The zero-order valence-corrected chi connectivity index (χ0v) is 11.0. The van der Waals surface area contributed by atoms with Crippen LogP contribution >= 0.6 is 0 Å². The van der Waals surface area contributed by atoms with Crippen molar-refractivity contribution in [3.8, 4) is 0 Å². The summed E-state index contributed by atoms with van der Waals surface area (Å²) < 4.78 is 0. The van der Waals surface area contributed by atoms with Gasteiger partial charge in [0.1, 0.15) is 0 Å². The van der Waals surface area contributed by atoms with Crippen LogP contribution < -0.4 is 5.73 Å². The van der Waals surface area contributed by atoms with Crippen molar-refractivity contribution in [1.82, 2.24) is 9.80 Å². The molecule has 3 heteroatoms. The Morgan fingerprint density at radius 3 is 2.06 bits per heavy atom. The highest BCUT2D eigenvalue weighted by Crippen LogP contribution is 2.37. The second-order valence-corrected chi connectivity index (χ2v) is 6.39. The number of fused-ring (bicyclic) bond motifs is 1. The number of likely N-dealkylation sites (tertiary alicyclic amines) is 2. The van der Waals surface area contributed by atoms with E-state index in [0.717, 1.165) is 11.8 Å². The molecule has 0 spiro atoms. The van der Waals surface area contributed by atoms with Crippen molar-refractivity contribution < 1.29 is 0 Å². The standard InChI is InChI=1S/C14H27N3/c15-14-4-6-16(7-5-14)8-9-17-10-12-2-1-3-13(12)11-17/h12-14H,1-11,15H2. The number of nitrogens with two attached hydrogens (primary N) is 1. The average molecular weight is 237 g/mol. The molecule has 0 aromatic heterocycles. The van der Waals surface area contributed by atoms with Gasteiger partial charge in [0.2, 0.25) is 0 Å². The van der Waals surface area contributed by atoms with Crippen molar-refractivity contribution in [2.24, 2.45) is 17.6 Å². The summed E-state index contributed by atoms with van der Waals surface area (Å²) in [5.74, 6) is 2.09. The molecule has 0 amide bonds. The van der Waals surface area contributed by atoms with Crippen LogP contribution in [-0.4, -0.2) is 55.1 Å². The number of rotatable bonds is 3. The number of hydrogen-bond donors (Lipinski definition) is 1. The topological polar surface area (TPSA) is 32.5 Å². The fourth-order valence-corrected chi connectivity index (χ4v) is 3.97. The second-order valence-electron chi connectivity index (χ2n) is 6.39. The first-order valence-electron chi connectivity index (χ1n) is 7.51. The van der Waals surface area contributed by atoms with E-state index in [1.54, 1.807) is 0 Å². The molecule has 3 nitrogen and oxygen atoms in total. The van der Waals surface area contributed by atoms with E-state index in [-0.39, 0.29) is 0 Å². The normalized spacial score (nSPS) is 36.5. The maximum Gasteiger partial charge on any atom is 0.0110 e. The van der Waals surface area contributed by atoms with Crippen LogP contribution in [0.25, 0.3) is 0 Å². The molecular formula is C14H27N3. The van der Waals surface area contributed by atoms with Gasteiger partial charge in [0.05, 0.1) is 0 Å². The van der Waals surface area contributed by atoms with Gasteiger partial charge in [-0.1, -0.05) is 6.42 Å². The Morgan fingerprint density at radius 1 is 0.824 bits per heavy atom. The molecule has 0 aromatic carbocycles. The Kier molecular flexibility index (Phi) is 3.69. The SMILES string of the molecule is NC1CCN(CCN2CC3CCCC3C2)CC1. The summed E-state index contributed by atoms with van der Waals surface area (Å²) in [5, 5.41) is 0. The summed E-state index contributed by atoms with van der Waals surface area (Å²) in [6.07, 6.45) is 6.89. The third-order valence-corrected chi connectivity index (χ3v) is 5.17. The van der Waals surface area contributed by atoms with Crippen LogP contribution in [0.5, 0.6) is 0 Å². The van der Waals surface area contributed by atoms with Gasteiger partial charge in [-0.3, -0.25) is 0 Å². The lowest BCUT2D eigenvalue weighted by Crippen LogP contribution is -2.42. The van der Waals surface area contributed by atoms with Gasteiger partial charge >= 0.3 is 0 Å². The molecule has 3 aliphatic rings. The van der Waals surface area contributed by atoms with Crippen molar-refractivity contribution in [2.75, 3.05) is 39.3 Å². The lowest BCUT2D eigenvalue weighted by Gasteiger charge is -2.31. The van der Waals surface area contributed by atoms with Gasteiger partial charge in [-0.15, -0.1) is 0 Å². The van der Waals surface area contributed by atoms with E-state index in [4.69, 9.17) is 5.73 Å². The smallest absolute Gasteiger partial charge is 0.0110 e. The first kappa shape index (κ1) is 11.9. The van der Waals surface area contributed by atoms with E-state index in [9.17, 15) is 0 Å². The Balaban J connectivity index is 1.37. The number of piperidine rings is 1. The highest BCUT2D eigenvalue weighted by atomic mass is 15.2. The minimum Gasteiger partial charge on any atom is -0.328 e. The minimum absolute atomic E-state index is 0.470. The summed E-state index contributed by atoms with van der Waals surface area (Å²) in [6, 6.07) is 0.470. The molecule has 2 aliphatic heterocycles. The molecule has 17 heavy (non-hydrogen) atoms. The van der Waals surface area contributed by atoms with Crippen molar-refractivity contribution in [3.63, 3.8) is 0 Å². The molecule has 3 fully saturated rings. The van der Waals surface area contributed by atoms with E-state index >= 15 is 0 Å². The molecule has 2 N–H and O–H groups in total. The van der Waals surface area contributed by atoms with Crippen LogP contribution in [0.4, 0.5) is 0 Å². The van der Waals surface area contributed by atoms with Crippen LogP contribution in [0.2, 0.25) is 0 Å². The molecule has 2 saturated heterocycles. The molecular weight excluding hydrogens is 210 g/mol. The Bertz CT molecular complexity index is 236. The predicted octanol–water partition coefficient (Wildman–Crippen LogP) is 1.14. The molecule has 1 saturated carbocycles. The van der Waals surface area contributed by atoms with Crippen LogP contribution in [-0.2, 0) is 0 Å². The second kappa shape index (κ2) is 5.25.